The number of carbonyl (C=O) groups excluding carboxylic acids is 1. The second-order valence-corrected chi connectivity index (χ2v) is 9.93. The van der Waals surface area contributed by atoms with E-state index in [9.17, 15) is 19.2 Å². The van der Waals surface area contributed by atoms with Crippen LogP contribution in [0, 0.1) is 24.1 Å². The van der Waals surface area contributed by atoms with Gasteiger partial charge in [0.25, 0.3) is 11.5 Å². The lowest BCUT2D eigenvalue weighted by Gasteiger charge is -2.39. The van der Waals surface area contributed by atoms with Gasteiger partial charge in [0.2, 0.25) is 0 Å². The normalized spacial score (nSPS) is 17.5. The van der Waals surface area contributed by atoms with Crippen LogP contribution < -0.4 is 15.4 Å². The Morgan fingerprint density at radius 3 is 2.34 bits per heavy atom. The van der Waals surface area contributed by atoms with Gasteiger partial charge in [-0.25, -0.2) is 4.39 Å². The molecule has 2 aromatic rings. The number of thioether (sulfide) groups is 1. The molecule has 0 aliphatic carbocycles. The molecule has 0 unspecified atom stereocenters. The molecule has 2 aliphatic heterocycles. The predicted octanol–water partition coefficient (Wildman–Crippen LogP) is 3.74. The lowest BCUT2D eigenvalue weighted by Crippen LogP contribution is -2.49. The van der Waals surface area contributed by atoms with Gasteiger partial charge in [0.1, 0.15) is 27.6 Å². The Bertz CT molecular complexity index is 1320. The fraction of sp³-hybridized carbons (Fsp3) is 0.360. The minimum atomic E-state index is -0.350. The van der Waals surface area contributed by atoms with Crippen molar-refractivity contribution in [2.75, 3.05) is 42.5 Å². The monoisotopic (exact) mass is 511 g/mol. The highest BCUT2D eigenvalue weighted by atomic mass is 32.2. The third-order valence-electron chi connectivity index (χ3n) is 6.40. The highest BCUT2D eigenvalue weighted by Gasteiger charge is 2.32. The number of thiocarbonyl (C=S) groups is 1. The van der Waals surface area contributed by atoms with Crippen molar-refractivity contribution >= 4 is 51.8 Å². The van der Waals surface area contributed by atoms with E-state index in [1.165, 1.54) is 22.7 Å². The summed E-state index contributed by atoms with van der Waals surface area (Å²) in [7, 11) is 0. The Hall–Kier alpha value is -3.16. The highest BCUT2D eigenvalue weighted by molar-refractivity contribution is 8.26. The van der Waals surface area contributed by atoms with Gasteiger partial charge in [-0.3, -0.25) is 19.1 Å². The number of likely N-dealkylation sites (N-methyl/N-ethyl adjacent to an activating group) is 1. The first-order valence-electron chi connectivity index (χ1n) is 11.5. The summed E-state index contributed by atoms with van der Waals surface area (Å²) in [6.07, 6.45) is 1.76. The maximum atomic E-state index is 14.3. The fourth-order valence-corrected chi connectivity index (χ4v) is 5.92. The molecule has 10 heteroatoms. The van der Waals surface area contributed by atoms with Crippen LogP contribution in [0.3, 0.4) is 0 Å². The zero-order chi connectivity index (χ0) is 25.3. The molecule has 0 N–H and O–H groups in total. The number of anilines is 2. The molecule has 2 aliphatic rings. The van der Waals surface area contributed by atoms with Crippen LogP contribution in [0.15, 0.2) is 34.0 Å². The van der Waals surface area contributed by atoms with Gasteiger partial charge >= 0.3 is 0 Å². The molecule has 7 nitrogen and oxygen atoms in total. The van der Waals surface area contributed by atoms with Crippen molar-refractivity contribution in [3.63, 3.8) is 0 Å². The first kappa shape index (κ1) is 24.9. The van der Waals surface area contributed by atoms with Crippen molar-refractivity contribution in [1.82, 2.24) is 9.47 Å². The van der Waals surface area contributed by atoms with Gasteiger partial charge in [-0.2, -0.15) is 5.26 Å². The minimum absolute atomic E-state index is 0.0674. The van der Waals surface area contributed by atoms with Crippen molar-refractivity contribution in [2.45, 2.75) is 27.3 Å². The van der Waals surface area contributed by atoms with E-state index in [1.807, 2.05) is 30.9 Å². The SMILES string of the molecule is CCN1C(=O)/C(=C/c2c(C)c(C#N)c(=O)n(CC)c2N2CCN(c3ccccc3F)CC2)SC1=S. The summed E-state index contributed by atoms with van der Waals surface area (Å²) < 4.78 is 16.4. The molecule has 0 bridgehead atoms. The largest absolute Gasteiger partial charge is 0.366 e. The second-order valence-electron chi connectivity index (χ2n) is 8.25. The van der Waals surface area contributed by atoms with Gasteiger partial charge in [-0.15, -0.1) is 0 Å². The van der Waals surface area contributed by atoms with Crippen LogP contribution in [0.4, 0.5) is 15.9 Å². The predicted molar refractivity (Wildman–Crippen MR) is 142 cm³/mol. The average molecular weight is 512 g/mol. The fourth-order valence-electron chi connectivity index (χ4n) is 4.55. The zero-order valence-electron chi connectivity index (χ0n) is 19.9. The van der Waals surface area contributed by atoms with Crippen molar-refractivity contribution in [1.29, 1.82) is 5.26 Å². The third-order valence-corrected chi connectivity index (χ3v) is 7.78. The number of nitrogens with zero attached hydrogens (tertiary/aromatic N) is 5. The second kappa shape index (κ2) is 10.2. The number of nitriles is 1. The molecule has 0 atom stereocenters. The van der Waals surface area contributed by atoms with Gasteiger partial charge < -0.3 is 9.80 Å². The number of benzene rings is 1. The van der Waals surface area contributed by atoms with Crippen LogP contribution in [0.25, 0.3) is 6.08 Å². The van der Waals surface area contributed by atoms with Crippen molar-refractivity contribution in [2.24, 2.45) is 0 Å². The number of aromatic nitrogens is 1. The molecule has 0 spiro atoms. The summed E-state index contributed by atoms with van der Waals surface area (Å²) in [4.78, 5) is 32.2. The molecular formula is C25H26FN5O2S2. The van der Waals surface area contributed by atoms with Crippen LogP contribution in [-0.4, -0.2) is 52.4 Å². The van der Waals surface area contributed by atoms with Crippen molar-refractivity contribution in [3.8, 4) is 6.07 Å². The summed E-state index contributed by atoms with van der Waals surface area (Å²) in [5.74, 6) is 0.230. The van der Waals surface area contributed by atoms with Crippen LogP contribution in [0.5, 0.6) is 0 Å². The van der Waals surface area contributed by atoms with E-state index in [0.717, 1.165) is 0 Å². The smallest absolute Gasteiger partial charge is 0.270 e. The van der Waals surface area contributed by atoms with Gasteiger partial charge in [-0.1, -0.05) is 36.1 Å². The average Bonchev–Trinajstić information content (AvgIpc) is 3.13. The van der Waals surface area contributed by atoms with E-state index in [0.29, 0.717) is 71.1 Å². The van der Waals surface area contributed by atoms with Gasteiger partial charge in [0, 0.05) is 44.8 Å². The Balaban J connectivity index is 1.79. The van der Waals surface area contributed by atoms with E-state index >= 15 is 0 Å². The molecule has 1 aromatic heterocycles. The number of pyridine rings is 1. The van der Waals surface area contributed by atoms with Crippen LogP contribution in [0.1, 0.15) is 30.5 Å². The molecule has 2 saturated heterocycles. The van der Waals surface area contributed by atoms with Crippen molar-refractivity contribution < 1.29 is 9.18 Å². The molecule has 0 radical (unpaired) electrons. The maximum absolute atomic E-state index is 14.3. The van der Waals surface area contributed by atoms with Gasteiger partial charge in [-0.05, 0) is 44.5 Å². The van der Waals surface area contributed by atoms with E-state index < -0.39 is 0 Å². The Morgan fingerprint density at radius 2 is 1.77 bits per heavy atom. The number of hydrogen-bond donors (Lipinski definition) is 0. The summed E-state index contributed by atoms with van der Waals surface area (Å²) in [5, 5.41) is 9.73. The summed E-state index contributed by atoms with van der Waals surface area (Å²) in [6, 6.07) is 8.75. The van der Waals surface area contributed by atoms with Crippen LogP contribution in [-0.2, 0) is 11.3 Å². The first-order chi connectivity index (χ1) is 16.8. The molecule has 3 heterocycles. The number of halogens is 1. The number of para-hydroxylation sites is 1. The summed E-state index contributed by atoms with van der Waals surface area (Å²) in [5.41, 5.74) is 1.48. The number of hydrogen-bond acceptors (Lipinski definition) is 7. The van der Waals surface area contributed by atoms with Gasteiger partial charge in [0.15, 0.2) is 0 Å². The number of carbonyl (C=O) groups is 1. The Morgan fingerprint density at radius 1 is 1.11 bits per heavy atom. The molecule has 1 amide bonds. The zero-order valence-corrected chi connectivity index (χ0v) is 21.5. The molecular weight excluding hydrogens is 485 g/mol. The lowest BCUT2D eigenvalue weighted by molar-refractivity contribution is -0.121. The lowest BCUT2D eigenvalue weighted by atomic mass is 10.0. The standard InChI is InChI=1S/C25H26FN5O2S2/c1-4-30-22(29-12-10-28(11-13-29)20-9-7-6-8-19(20)26)17(16(3)18(15-27)23(30)32)14-21-24(33)31(5-2)25(34)35-21/h6-9,14H,4-5,10-13H2,1-3H3/b21-14-. The third kappa shape index (κ3) is 4.46. The topological polar surface area (TPSA) is 72.6 Å². The quantitative estimate of drug-likeness (QED) is 0.447. The summed E-state index contributed by atoms with van der Waals surface area (Å²) in [6.45, 7) is 8.54. The molecule has 182 valence electrons. The number of amides is 1. The van der Waals surface area contributed by atoms with Gasteiger partial charge in [0.05, 0.1) is 10.6 Å². The van der Waals surface area contributed by atoms with E-state index in [4.69, 9.17) is 12.2 Å². The molecule has 0 saturated carbocycles. The van der Waals surface area contributed by atoms with E-state index in [-0.39, 0.29) is 22.8 Å². The van der Waals surface area contributed by atoms with E-state index in [2.05, 4.69) is 4.90 Å². The number of rotatable bonds is 5. The molecule has 2 fully saturated rings. The number of piperazine rings is 1. The van der Waals surface area contributed by atoms with E-state index in [1.54, 1.807) is 29.7 Å². The van der Waals surface area contributed by atoms with Crippen LogP contribution >= 0.6 is 24.0 Å². The molecule has 35 heavy (non-hydrogen) atoms. The van der Waals surface area contributed by atoms with Crippen molar-refractivity contribution in [3.05, 3.63) is 62.0 Å². The first-order valence-corrected chi connectivity index (χ1v) is 12.7. The van der Waals surface area contributed by atoms with Crippen LogP contribution in [0.2, 0.25) is 0 Å². The Labute approximate surface area is 213 Å². The molecule has 1 aromatic carbocycles. The minimum Gasteiger partial charge on any atom is -0.366 e. The summed E-state index contributed by atoms with van der Waals surface area (Å²) >= 11 is 6.59. The highest BCUT2D eigenvalue weighted by Crippen LogP contribution is 2.36. The Kier molecular flexibility index (Phi) is 7.28. The molecule has 4 rings (SSSR count). The maximum Gasteiger partial charge on any atom is 0.270 e.